The quantitative estimate of drug-likeness (QED) is 0.775. The summed E-state index contributed by atoms with van der Waals surface area (Å²) in [5.74, 6) is 0.444. The molecular formula is C20H26N4O. The van der Waals surface area contributed by atoms with Gasteiger partial charge in [0.25, 0.3) is 0 Å². The van der Waals surface area contributed by atoms with Crippen LogP contribution in [-0.2, 0) is 13.1 Å². The molecule has 25 heavy (non-hydrogen) atoms. The zero-order valence-electron chi connectivity index (χ0n) is 14.6. The Bertz CT molecular complexity index is 698. The predicted molar refractivity (Wildman–Crippen MR) is 97.6 cm³/mol. The number of hydrogen-bond donors (Lipinski definition) is 2. The number of hydrogen-bond acceptors (Lipinski definition) is 4. The third-order valence-electron chi connectivity index (χ3n) is 4.95. The first-order valence-electron chi connectivity index (χ1n) is 9.15. The Hall–Kier alpha value is -2.16. The smallest absolute Gasteiger partial charge is 0.0968 e. The number of nitriles is 1. The van der Waals surface area contributed by atoms with Crippen molar-refractivity contribution in [3.63, 3.8) is 0 Å². The van der Waals surface area contributed by atoms with Crippen LogP contribution in [0, 0.1) is 17.2 Å². The van der Waals surface area contributed by atoms with Crippen molar-refractivity contribution in [3.8, 4) is 17.3 Å². The van der Waals surface area contributed by atoms with Gasteiger partial charge in [0.1, 0.15) is 0 Å². The molecule has 1 fully saturated rings. The van der Waals surface area contributed by atoms with Gasteiger partial charge in [-0.1, -0.05) is 43.2 Å². The fourth-order valence-corrected chi connectivity index (χ4v) is 3.57. The average Bonchev–Trinajstić information content (AvgIpc) is 3.31. The van der Waals surface area contributed by atoms with E-state index >= 15 is 0 Å². The summed E-state index contributed by atoms with van der Waals surface area (Å²) in [6.45, 7) is 1.88. The molecule has 1 unspecified atom stereocenters. The number of aromatic nitrogens is 2. The van der Waals surface area contributed by atoms with Crippen molar-refractivity contribution in [3.05, 3.63) is 42.1 Å². The van der Waals surface area contributed by atoms with Crippen LogP contribution in [0.15, 0.2) is 36.5 Å². The third kappa shape index (κ3) is 4.68. The van der Waals surface area contributed by atoms with E-state index in [1.165, 1.54) is 12.8 Å². The lowest BCUT2D eigenvalue weighted by Crippen LogP contribution is -2.31. The number of benzene rings is 1. The van der Waals surface area contributed by atoms with Crippen LogP contribution >= 0.6 is 0 Å². The molecule has 2 N–H and O–H groups in total. The first-order chi connectivity index (χ1) is 12.3. The van der Waals surface area contributed by atoms with Gasteiger partial charge in [-0.3, -0.25) is 4.68 Å². The molecule has 0 amide bonds. The van der Waals surface area contributed by atoms with Gasteiger partial charge in [-0.2, -0.15) is 10.4 Å². The molecule has 1 aliphatic rings. The zero-order valence-corrected chi connectivity index (χ0v) is 14.6. The highest BCUT2D eigenvalue weighted by atomic mass is 16.3. The second-order valence-corrected chi connectivity index (χ2v) is 6.78. The molecule has 2 aromatic rings. The number of aryl methyl sites for hydroxylation is 1. The SMILES string of the molecule is N#CCCn1cc(CNCC(O)C2CCCC2)c(-c2ccccc2)n1. The summed E-state index contributed by atoms with van der Waals surface area (Å²) in [5, 5.41) is 27.2. The van der Waals surface area contributed by atoms with Crippen molar-refractivity contribution in [1.82, 2.24) is 15.1 Å². The highest BCUT2D eigenvalue weighted by molar-refractivity contribution is 5.62. The molecule has 1 heterocycles. The first-order valence-corrected chi connectivity index (χ1v) is 9.15. The maximum Gasteiger partial charge on any atom is 0.0968 e. The maximum atomic E-state index is 10.3. The van der Waals surface area contributed by atoms with Gasteiger partial charge in [-0.05, 0) is 18.8 Å². The van der Waals surface area contributed by atoms with E-state index in [0.29, 0.717) is 32.0 Å². The lowest BCUT2D eigenvalue weighted by molar-refractivity contribution is 0.109. The Balaban J connectivity index is 1.66. The first kappa shape index (κ1) is 17.7. The van der Waals surface area contributed by atoms with E-state index in [1.807, 2.05) is 41.2 Å². The standard InChI is InChI=1S/C20H26N4O/c21-11-6-12-24-15-18(20(23-24)17-9-2-1-3-10-17)13-22-14-19(25)16-7-4-5-8-16/h1-3,9-10,15-16,19,22,25H,4-8,12-14H2. The number of aliphatic hydroxyl groups is 1. The van der Waals surface area contributed by atoms with Crippen LogP contribution in [-0.4, -0.2) is 27.5 Å². The van der Waals surface area contributed by atoms with Crippen LogP contribution in [0.2, 0.25) is 0 Å². The van der Waals surface area contributed by atoms with Crippen LogP contribution in [0.5, 0.6) is 0 Å². The molecule has 132 valence electrons. The van der Waals surface area contributed by atoms with E-state index in [-0.39, 0.29) is 6.10 Å². The molecule has 5 nitrogen and oxygen atoms in total. The molecule has 5 heteroatoms. The van der Waals surface area contributed by atoms with Crippen molar-refractivity contribution < 1.29 is 5.11 Å². The fourth-order valence-electron chi connectivity index (χ4n) is 3.57. The topological polar surface area (TPSA) is 73.9 Å². The van der Waals surface area contributed by atoms with Crippen molar-refractivity contribution in [2.45, 2.75) is 51.3 Å². The Kier molecular flexibility index (Phi) is 6.21. The van der Waals surface area contributed by atoms with Crippen LogP contribution in [0.25, 0.3) is 11.3 Å². The number of nitrogens with zero attached hydrogens (tertiary/aromatic N) is 3. The molecular weight excluding hydrogens is 312 g/mol. The Morgan fingerprint density at radius 2 is 2.04 bits per heavy atom. The minimum absolute atomic E-state index is 0.267. The van der Waals surface area contributed by atoms with Gasteiger partial charge in [0.15, 0.2) is 0 Å². The molecule has 1 saturated carbocycles. The van der Waals surface area contributed by atoms with Crippen LogP contribution in [0.4, 0.5) is 0 Å². The Labute approximate surface area is 149 Å². The molecule has 0 aliphatic heterocycles. The molecule has 1 aromatic carbocycles. The number of nitrogens with one attached hydrogen (secondary N) is 1. The summed E-state index contributed by atoms with van der Waals surface area (Å²) in [6, 6.07) is 12.3. The van der Waals surface area contributed by atoms with E-state index in [1.54, 1.807) is 0 Å². The van der Waals surface area contributed by atoms with Gasteiger partial charge >= 0.3 is 0 Å². The van der Waals surface area contributed by atoms with Gasteiger partial charge in [-0.15, -0.1) is 0 Å². The van der Waals surface area contributed by atoms with E-state index in [0.717, 1.165) is 29.7 Å². The van der Waals surface area contributed by atoms with Gasteiger partial charge in [0.2, 0.25) is 0 Å². The molecule has 1 aromatic heterocycles. The van der Waals surface area contributed by atoms with Crippen molar-refractivity contribution >= 4 is 0 Å². The monoisotopic (exact) mass is 338 g/mol. The Morgan fingerprint density at radius 3 is 2.76 bits per heavy atom. The van der Waals surface area contributed by atoms with Crippen LogP contribution in [0.3, 0.4) is 0 Å². The van der Waals surface area contributed by atoms with Gasteiger partial charge in [0.05, 0.1) is 30.8 Å². The predicted octanol–water partition coefficient (Wildman–Crippen LogP) is 3.10. The van der Waals surface area contributed by atoms with E-state index in [2.05, 4.69) is 16.5 Å². The van der Waals surface area contributed by atoms with Crippen molar-refractivity contribution in [2.24, 2.45) is 5.92 Å². The summed E-state index contributed by atoms with van der Waals surface area (Å²) in [6.07, 6.45) is 6.96. The molecule has 0 saturated heterocycles. The summed E-state index contributed by atoms with van der Waals surface area (Å²) in [5.41, 5.74) is 3.12. The van der Waals surface area contributed by atoms with Gasteiger partial charge < -0.3 is 10.4 Å². The number of aliphatic hydroxyl groups excluding tert-OH is 1. The van der Waals surface area contributed by atoms with E-state index < -0.39 is 0 Å². The molecule has 0 radical (unpaired) electrons. The Morgan fingerprint density at radius 1 is 1.28 bits per heavy atom. The van der Waals surface area contributed by atoms with Crippen molar-refractivity contribution in [2.75, 3.05) is 6.54 Å². The average molecular weight is 338 g/mol. The number of rotatable bonds is 8. The minimum atomic E-state index is -0.267. The van der Waals surface area contributed by atoms with Crippen LogP contribution in [0.1, 0.15) is 37.7 Å². The minimum Gasteiger partial charge on any atom is -0.392 e. The lowest BCUT2D eigenvalue weighted by atomic mass is 10.0. The second kappa shape index (κ2) is 8.80. The van der Waals surface area contributed by atoms with E-state index in [4.69, 9.17) is 5.26 Å². The molecule has 3 rings (SSSR count). The van der Waals surface area contributed by atoms with E-state index in [9.17, 15) is 5.11 Å². The van der Waals surface area contributed by atoms with Gasteiger partial charge in [0, 0.05) is 30.4 Å². The second-order valence-electron chi connectivity index (χ2n) is 6.78. The lowest BCUT2D eigenvalue weighted by Gasteiger charge is -2.18. The summed E-state index contributed by atoms with van der Waals surface area (Å²) in [7, 11) is 0. The normalized spacial score (nSPS) is 16.0. The highest BCUT2D eigenvalue weighted by Crippen LogP contribution is 2.27. The fraction of sp³-hybridized carbons (Fsp3) is 0.500. The maximum absolute atomic E-state index is 10.3. The zero-order chi connectivity index (χ0) is 17.5. The molecule has 0 bridgehead atoms. The summed E-state index contributed by atoms with van der Waals surface area (Å²) < 4.78 is 1.84. The third-order valence-corrected chi connectivity index (χ3v) is 4.95. The van der Waals surface area contributed by atoms with Gasteiger partial charge in [-0.25, -0.2) is 0 Å². The largest absolute Gasteiger partial charge is 0.392 e. The molecule has 0 spiro atoms. The summed E-state index contributed by atoms with van der Waals surface area (Å²) in [4.78, 5) is 0. The highest BCUT2D eigenvalue weighted by Gasteiger charge is 2.22. The summed E-state index contributed by atoms with van der Waals surface area (Å²) >= 11 is 0. The van der Waals surface area contributed by atoms with Crippen molar-refractivity contribution in [1.29, 1.82) is 5.26 Å². The molecule has 1 atom stereocenters. The molecule has 1 aliphatic carbocycles. The van der Waals surface area contributed by atoms with Crippen LogP contribution < -0.4 is 5.32 Å².